The molecule has 0 unspecified atom stereocenters. The van der Waals surface area contributed by atoms with Crippen molar-refractivity contribution in [2.45, 2.75) is 32.5 Å². The number of aromatic nitrogens is 1. The minimum Gasteiger partial charge on any atom is -0.463 e. The summed E-state index contributed by atoms with van der Waals surface area (Å²) >= 11 is 0. The van der Waals surface area contributed by atoms with E-state index in [-0.39, 0.29) is 12.5 Å². The summed E-state index contributed by atoms with van der Waals surface area (Å²) in [5.74, 6) is -0.399. The maximum Gasteiger partial charge on any atom is 0.309 e. The summed E-state index contributed by atoms with van der Waals surface area (Å²) < 4.78 is 5.02. The van der Waals surface area contributed by atoms with Crippen molar-refractivity contribution < 1.29 is 14.6 Å². The van der Waals surface area contributed by atoms with E-state index >= 15 is 0 Å². The molecule has 2 aromatic rings. The molecular formula is C15H17NO3. The van der Waals surface area contributed by atoms with Gasteiger partial charge in [0.2, 0.25) is 0 Å². The van der Waals surface area contributed by atoms with Gasteiger partial charge in [-0.25, -0.2) is 0 Å². The van der Waals surface area contributed by atoms with Crippen molar-refractivity contribution in [3.8, 4) is 0 Å². The molecule has 0 aliphatic heterocycles. The van der Waals surface area contributed by atoms with Crippen molar-refractivity contribution >= 4 is 16.9 Å². The van der Waals surface area contributed by atoms with Gasteiger partial charge in [0.1, 0.15) is 0 Å². The summed E-state index contributed by atoms with van der Waals surface area (Å²) in [6.45, 7) is 3.56. The number of carbonyl (C=O) groups excluding carboxylic acids is 1. The highest BCUT2D eigenvalue weighted by molar-refractivity contribution is 5.79. The Bertz CT molecular complexity index is 580. The molecule has 0 radical (unpaired) electrons. The molecule has 1 heterocycles. The number of fused-ring (bicyclic) bond motifs is 1. The van der Waals surface area contributed by atoms with Crippen LogP contribution in [0.15, 0.2) is 36.5 Å². The Labute approximate surface area is 112 Å². The fraction of sp³-hybridized carbons (Fsp3) is 0.333. The Balaban J connectivity index is 2.12. The molecule has 4 heteroatoms. The van der Waals surface area contributed by atoms with Crippen LogP contribution in [0, 0.1) is 0 Å². The lowest BCUT2D eigenvalue weighted by molar-refractivity contribution is -0.149. The number of hydrogen-bond acceptors (Lipinski definition) is 4. The molecule has 1 aromatic carbocycles. The van der Waals surface area contributed by atoms with Gasteiger partial charge >= 0.3 is 5.97 Å². The van der Waals surface area contributed by atoms with Crippen molar-refractivity contribution in [3.63, 3.8) is 0 Å². The number of ether oxygens (including phenoxy) is 1. The van der Waals surface area contributed by atoms with E-state index < -0.39 is 12.1 Å². The fourth-order valence-corrected chi connectivity index (χ4v) is 1.88. The number of nitrogens with zero attached hydrogens (tertiary/aromatic N) is 1. The van der Waals surface area contributed by atoms with Gasteiger partial charge in [0.15, 0.2) is 0 Å². The third-order valence-corrected chi connectivity index (χ3v) is 2.74. The topological polar surface area (TPSA) is 59.4 Å². The van der Waals surface area contributed by atoms with Crippen LogP contribution in [0.5, 0.6) is 0 Å². The summed E-state index contributed by atoms with van der Waals surface area (Å²) in [5, 5.41) is 11.0. The average Bonchev–Trinajstić information content (AvgIpc) is 2.37. The third kappa shape index (κ3) is 3.51. The Morgan fingerprint density at radius 1 is 1.37 bits per heavy atom. The number of rotatable bonds is 4. The zero-order chi connectivity index (χ0) is 13.8. The summed E-state index contributed by atoms with van der Waals surface area (Å²) in [6, 6.07) is 9.29. The summed E-state index contributed by atoms with van der Waals surface area (Å²) in [4.78, 5) is 15.7. The molecule has 4 nitrogen and oxygen atoms in total. The predicted octanol–water partition coefficient (Wildman–Crippen LogP) is 2.61. The number of benzene rings is 1. The normalized spacial score (nSPS) is 12.6. The first-order chi connectivity index (χ1) is 9.06. The maximum absolute atomic E-state index is 11.5. The molecule has 19 heavy (non-hydrogen) atoms. The van der Waals surface area contributed by atoms with Gasteiger partial charge in [-0.15, -0.1) is 0 Å². The van der Waals surface area contributed by atoms with Gasteiger partial charge in [-0.05, 0) is 31.5 Å². The van der Waals surface area contributed by atoms with E-state index in [1.165, 1.54) is 0 Å². The first kappa shape index (κ1) is 13.5. The maximum atomic E-state index is 11.5. The van der Waals surface area contributed by atoms with E-state index in [0.717, 1.165) is 10.9 Å². The van der Waals surface area contributed by atoms with Crippen LogP contribution in [0.3, 0.4) is 0 Å². The van der Waals surface area contributed by atoms with E-state index in [1.54, 1.807) is 32.2 Å². The minimum absolute atomic E-state index is 0.0451. The quantitative estimate of drug-likeness (QED) is 0.857. The third-order valence-electron chi connectivity index (χ3n) is 2.74. The van der Waals surface area contributed by atoms with E-state index in [4.69, 9.17) is 4.74 Å². The minimum atomic E-state index is -0.863. The Morgan fingerprint density at radius 3 is 2.89 bits per heavy atom. The van der Waals surface area contributed by atoms with Crippen LogP contribution in [0.25, 0.3) is 10.9 Å². The van der Waals surface area contributed by atoms with Gasteiger partial charge in [0.05, 0.1) is 24.1 Å². The van der Waals surface area contributed by atoms with Crippen LogP contribution < -0.4 is 0 Å². The standard InChI is InChI=1S/C15H17NO3/c1-10(2)19-15(18)9-14(17)12-6-5-11-4-3-7-16-13(11)8-12/h3-8,10,14,17H,9H2,1-2H3/t14-/m0/s1. The number of hydrogen-bond donors (Lipinski definition) is 1. The Morgan fingerprint density at radius 2 is 2.16 bits per heavy atom. The lowest BCUT2D eigenvalue weighted by Gasteiger charge is -2.13. The van der Waals surface area contributed by atoms with E-state index in [1.807, 2.05) is 18.2 Å². The van der Waals surface area contributed by atoms with Crippen LogP contribution in [0.4, 0.5) is 0 Å². The van der Waals surface area contributed by atoms with Crippen LogP contribution >= 0.6 is 0 Å². The molecule has 1 aromatic heterocycles. The smallest absolute Gasteiger partial charge is 0.309 e. The number of pyridine rings is 1. The molecular weight excluding hydrogens is 242 g/mol. The molecule has 0 saturated heterocycles. The number of esters is 1. The lowest BCUT2D eigenvalue weighted by Crippen LogP contribution is -2.14. The Kier molecular flexibility index (Phi) is 4.12. The highest BCUT2D eigenvalue weighted by Crippen LogP contribution is 2.21. The van der Waals surface area contributed by atoms with E-state index in [0.29, 0.717) is 5.56 Å². The van der Waals surface area contributed by atoms with Crippen LogP contribution in [0.1, 0.15) is 31.9 Å². The first-order valence-electron chi connectivity index (χ1n) is 6.28. The van der Waals surface area contributed by atoms with Gasteiger partial charge in [-0.3, -0.25) is 9.78 Å². The molecule has 0 spiro atoms. The second-order valence-electron chi connectivity index (χ2n) is 4.71. The fourth-order valence-electron chi connectivity index (χ4n) is 1.88. The monoisotopic (exact) mass is 259 g/mol. The predicted molar refractivity (Wildman–Crippen MR) is 72.5 cm³/mol. The molecule has 0 saturated carbocycles. The molecule has 0 aliphatic carbocycles. The summed E-state index contributed by atoms with van der Waals surface area (Å²) in [5.41, 5.74) is 1.48. The van der Waals surface area contributed by atoms with Gasteiger partial charge in [-0.1, -0.05) is 18.2 Å². The molecule has 1 N–H and O–H groups in total. The largest absolute Gasteiger partial charge is 0.463 e. The van der Waals surface area contributed by atoms with E-state index in [2.05, 4.69) is 4.98 Å². The second-order valence-corrected chi connectivity index (χ2v) is 4.71. The summed E-state index contributed by atoms with van der Waals surface area (Å²) in [6.07, 6.45) is 0.623. The molecule has 0 fully saturated rings. The molecule has 0 bridgehead atoms. The zero-order valence-electron chi connectivity index (χ0n) is 11.0. The first-order valence-corrected chi connectivity index (χ1v) is 6.28. The van der Waals surface area contributed by atoms with Gasteiger partial charge in [-0.2, -0.15) is 0 Å². The number of aliphatic hydroxyl groups is 1. The molecule has 2 rings (SSSR count). The number of aliphatic hydroxyl groups excluding tert-OH is 1. The van der Waals surface area contributed by atoms with Crippen LogP contribution in [0.2, 0.25) is 0 Å². The van der Waals surface area contributed by atoms with Crippen molar-refractivity contribution in [3.05, 3.63) is 42.1 Å². The molecule has 1 atom stereocenters. The average molecular weight is 259 g/mol. The SMILES string of the molecule is CC(C)OC(=O)C[C@H](O)c1ccc2cccnc2c1. The second kappa shape index (κ2) is 5.80. The summed E-state index contributed by atoms with van der Waals surface area (Å²) in [7, 11) is 0. The molecule has 0 amide bonds. The van der Waals surface area contributed by atoms with E-state index in [9.17, 15) is 9.90 Å². The van der Waals surface area contributed by atoms with Gasteiger partial charge in [0, 0.05) is 11.6 Å². The van der Waals surface area contributed by atoms with Crippen molar-refractivity contribution in [1.82, 2.24) is 4.98 Å². The number of carbonyl (C=O) groups is 1. The van der Waals surface area contributed by atoms with Crippen molar-refractivity contribution in [2.75, 3.05) is 0 Å². The molecule has 100 valence electrons. The van der Waals surface area contributed by atoms with Gasteiger partial charge in [0.25, 0.3) is 0 Å². The van der Waals surface area contributed by atoms with Crippen molar-refractivity contribution in [2.24, 2.45) is 0 Å². The highest BCUT2D eigenvalue weighted by atomic mass is 16.5. The van der Waals surface area contributed by atoms with Gasteiger partial charge < -0.3 is 9.84 Å². The van der Waals surface area contributed by atoms with Crippen molar-refractivity contribution in [1.29, 1.82) is 0 Å². The Hall–Kier alpha value is -1.94. The lowest BCUT2D eigenvalue weighted by atomic mass is 10.0. The highest BCUT2D eigenvalue weighted by Gasteiger charge is 2.15. The zero-order valence-corrected chi connectivity index (χ0v) is 11.0. The molecule has 0 aliphatic rings. The van der Waals surface area contributed by atoms with Crippen LogP contribution in [-0.4, -0.2) is 22.2 Å². The van der Waals surface area contributed by atoms with Crippen LogP contribution in [-0.2, 0) is 9.53 Å².